The minimum Gasteiger partial charge on any atom is -0.490 e. The monoisotopic (exact) mass is 315 g/mol. The summed E-state index contributed by atoms with van der Waals surface area (Å²) in [6, 6.07) is 7.39. The van der Waals surface area contributed by atoms with E-state index in [1.165, 1.54) is 6.08 Å². The summed E-state index contributed by atoms with van der Waals surface area (Å²) < 4.78 is 5.53. The standard InChI is InChI=1S/C15H21NO4.ClH/c1-11(2)16-9-13(17)10-20-14-6-4-3-5-12(14)7-8-15(18)19;/h3-8,11,13,16-17H,9-10H2,1-2H3,(H,18,19);1H/b8-7+;. The summed E-state index contributed by atoms with van der Waals surface area (Å²) in [5.74, 6) is -0.463. The number of carboxylic acids is 1. The normalized spacial score (nSPS) is 12.2. The summed E-state index contributed by atoms with van der Waals surface area (Å²) in [6.07, 6.45) is 1.91. The Morgan fingerprint density at radius 3 is 2.67 bits per heavy atom. The van der Waals surface area contributed by atoms with Crippen LogP contribution >= 0.6 is 12.4 Å². The van der Waals surface area contributed by atoms with Crippen LogP contribution in [0.2, 0.25) is 0 Å². The molecule has 3 N–H and O–H groups in total. The molecule has 0 aliphatic rings. The fourth-order valence-corrected chi connectivity index (χ4v) is 1.53. The molecule has 0 amide bonds. The van der Waals surface area contributed by atoms with E-state index < -0.39 is 12.1 Å². The van der Waals surface area contributed by atoms with Crippen LogP contribution in [-0.2, 0) is 4.79 Å². The van der Waals surface area contributed by atoms with E-state index in [1.54, 1.807) is 24.3 Å². The van der Waals surface area contributed by atoms with Gasteiger partial charge in [-0.25, -0.2) is 4.79 Å². The van der Waals surface area contributed by atoms with Crippen molar-refractivity contribution in [2.75, 3.05) is 13.2 Å². The molecule has 0 aliphatic heterocycles. The molecule has 6 heteroatoms. The van der Waals surface area contributed by atoms with Crippen molar-refractivity contribution in [2.45, 2.75) is 26.0 Å². The third-order valence-electron chi connectivity index (χ3n) is 2.52. The largest absolute Gasteiger partial charge is 0.490 e. The highest BCUT2D eigenvalue weighted by atomic mass is 35.5. The molecule has 0 saturated heterocycles. The van der Waals surface area contributed by atoms with Crippen molar-refractivity contribution in [2.24, 2.45) is 0 Å². The summed E-state index contributed by atoms with van der Waals surface area (Å²) in [5, 5.41) is 21.5. The van der Waals surface area contributed by atoms with Gasteiger partial charge in [-0.05, 0) is 12.1 Å². The smallest absolute Gasteiger partial charge is 0.328 e. The molecule has 0 aliphatic carbocycles. The van der Waals surface area contributed by atoms with Gasteiger partial charge in [0.05, 0.1) is 0 Å². The van der Waals surface area contributed by atoms with Crippen molar-refractivity contribution in [3.63, 3.8) is 0 Å². The summed E-state index contributed by atoms with van der Waals surface area (Å²) in [6.45, 7) is 4.60. The van der Waals surface area contributed by atoms with Crippen LogP contribution in [0.3, 0.4) is 0 Å². The molecular formula is C15H22ClNO4. The zero-order valence-electron chi connectivity index (χ0n) is 12.2. The lowest BCUT2D eigenvalue weighted by Gasteiger charge is -2.16. The van der Waals surface area contributed by atoms with Gasteiger partial charge in [-0.1, -0.05) is 32.0 Å². The number of hydrogen-bond acceptors (Lipinski definition) is 4. The van der Waals surface area contributed by atoms with Crippen LogP contribution in [0.25, 0.3) is 6.08 Å². The second kappa shape index (κ2) is 10.2. The van der Waals surface area contributed by atoms with E-state index in [1.807, 2.05) is 13.8 Å². The summed E-state index contributed by atoms with van der Waals surface area (Å²) in [7, 11) is 0. The van der Waals surface area contributed by atoms with Gasteiger partial charge in [-0.15, -0.1) is 12.4 Å². The van der Waals surface area contributed by atoms with Crippen molar-refractivity contribution in [1.29, 1.82) is 0 Å². The Labute approximate surface area is 131 Å². The molecule has 1 atom stereocenters. The molecule has 5 nitrogen and oxygen atoms in total. The van der Waals surface area contributed by atoms with Crippen LogP contribution < -0.4 is 10.1 Å². The molecule has 0 heterocycles. The third kappa shape index (κ3) is 8.34. The number of carboxylic acid groups (broad SMARTS) is 1. The van der Waals surface area contributed by atoms with E-state index in [0.717, 1.165) is 6.08 Å². The first-order chi connectivity index (χ1) is 9.49. The molecular weight excluding hydrogens is 294 g/mol. The Kier molecular flexibility index (Phi) is 9.45. The molecule has 0 saturated carbocycles. The number of para-hydroxylation sites is 1. The summed E-state index contributed by atoms with van der Waals surface area (Å²) in [4.78, 5) is 10.5. The van der Waals surface area contributed by atoms with Gasteiger partial charge in [0, 0.05) is 24.2 Å². The van der Waals surface area contributed by atoms with Gasteiger partial charge in [0.1, 0.15) is 18.5 Å². The van der Waals surface area contributed by atoms with Gasteiger partial charge >= 0.3 is 5.97 Å². The fraction of sp³-hybridized carbons (Fsp3) is 0.400. The van der Waals surface area contributed by atoms with Gasteiger partial charge in [-0.3, -0.25) is 0 Å². The highest BCUT2D eigenvalue weighted by Gasteiger charge is 2.07. The van der Waals surface area contributed by atoms with Crippen molar-refractivity contribution in [1.82, 2.24) is 5.32 Å². The van der Waals surface area contributed by atoms with Gasteiger partial charge < -0.3 is 20.3 Å². The van der Waals surface area contributed by atoms with E-state index in [2.05, 4.69) is 5.32 Å². The molecule has 0 fully saturated rings. The van der Waals surface area contributed by atoms with Crippen LogP contribution in [0, 0.1) is 0 Å². The van der Waals surface area contributed by atoms with Crippen molar-refractivity contribution < 1.29 is 19.7 Å². The van der Waals surface area contributed by atoms with Gasteiger partial charge in [0.25, 0.3) is 0 Å². The lowest BCUT2D eigenvalue weighted by Crippen LogP contribution is -2.35. The Morgan fingerprint density at radius 1 is 1.38 bits per heavy atom. The number of carbonyl (C=O) groups is 1. The Bertz CT molecular complexity index is 463. The first-order valence-corrected chi connectivity index (χ1v) is 6.53. The lowest BCUT2D eigenvalue weighted by atomic mass is 10.2. The molecule has 1 unspecified atom stereocenters. The van der Waals surface area contributed by atoms with Gasteiger partial charge in [0.15, 0.2) is 0 Å². The highest BCUT2D eigenvalue weighted by Crippen LogP contribution is 2.19. The second-order valence-electron chi connectivity index (χ2n) is 4.74. The SMILES string of the molecule is CC(C)NCC(O)COc1ccccc1/C=C/C(=O)O.Cl. The maximum atomic E-state index is 10.5. The Hall–Kier alpha value is -1.56. The second-order valence-corrected chi connectivity index (χ2v) is 4.74. The average Bonchev–Trinajstić information content (AvgIpc) is 2.41. The molecule has 1 aromatic rings. The zero-order chi connectivity index (χ0) is 15.0. The number of halogens is 1. The quantitative estimate of drug-likeness (QED) is 0.639. The molecule has 0 aromatic heterocycles. The molecule has 1 aromatic carbocycles. The van der Waals surface area contributed by atoms with Gasteiger partial charge in [-0.2, -0.15) is 0 Å². The van der Waals surface area contributed by atoms with Crippen molar-refractivity contribution in [3.05, 3.63) is 35.9 Å². The first kappa shape index (κ1) is 19.4. The van der Waals surface area contributed by atoms with Crippen molar-refractivity contribution >= 4 is 24.5 Å². The number of hydrogen-bond donors (Lipinski definition) is 3. The molecule has 118 valence electrons. The zero-order valence-corrected chi connectivity index (χ0v) is 13.0. The number of benzene rings is 1. The molecule has 0 bridgehead atoms. The fourth-order valence-electron chi connectivity index (χ4n) is 1.53. The highest BCUT2D eigenvalue weighted by molar-refractivity contribution is 5.86. The van der Waals surface area contributed by atoms with Crippen LogP contribution in [0.4, 0.5) is 0 Å². The number of ether oxygens (including phenoxy) is 1. The minimum absolute atomic E-state index is 0. The molecule has 0 radical (unpaired) electrons. The van der Waals surface area contributed by atoms with E-state index in [0.29, 0.717) is 23.9 Å². The predicted molar refractivity (Wildman–Crippen MR) is 85.0 cm³/mol. The van der Waals surface area contributed by atoms with Crippen LogP contribution in [0.15, 0.2) is 30.3 Å². The minimum atomic E-state index is -1.01. The van der Waals surface area contributed by atoms with E-state index in [9.17, 15) is 9.90 Å². The van der Waals surface area contributed by atoms with Crippen molar-refractivity contribution in [3.8, 4) is 5.75 Å². The number of aliphatic hydroxyl groups excluding tert-OH is 1. The number of aliphatic carboxylic acids is 1. The molecule has 1 rings (SSSR count). The first-order valence-electron chi connectivity index (χ1n) is 6.53. The number of aliphatic hydroxyl groups is 1. The maximum absolute atomic E-state index is 10.5. The van der Waals surface area contributed by atoms with E-state index in [4.69, 9.17) is 9.84 Å². The summed E-state index contributed by atoms with van der Waals surface area (Å²) >= 11 is 0. The van der Waals surface area contributed by atoms with E-state index >= 15 is 0 Å². The Balaban J connectivity index is 0.00000400. The maximum Gasteiger partial charge on any atom is 0.328 e. The Morgan fingerprint density at radius 2 is 2.05 bits per heavy atom. The number of nitrogens with one attached hydrogen (secondary N) is 1. The number of rotatable bonds is 8. The van der Waals surface area contributed by atoms with Crippen LogP contribution in [-0.4, -0.2) is 41.5 Å². The lowest BCUT2D eigenvalue weighted by molar-refractivity contribution is -0.131. The van der Waals surface area contributed by atoms with Crippen LogP contribution in [0.5, 0.6) is 5.75 Å². The molecule has 21 heavy (non-hydrogen) atoms. The predicted octanol–water partition coefficient (Wildman–Crippen LogP) is 1.94. The molecule has 0 spiro atoms. The summed E-state index contributed by atoms with van der Waals surface area (Å²) in [5.41, 5.74) is 0.666. The van der Waals surface area contributed by atoms with Gasteiger partial charge in [0.2, 0.25) is 0 Å². The third-order valence-corrected chi connectivity index (χ3v) is 2.52. The van der Waals surface area contributed by atoms with Crippen LogP contribution in [0.1, 0.15) is 19.4 Å². The average molecular weight is 316 g/mol. The van der Waals surface area contributed by atoms with E-state index in [-0.39, 0.29) is 19.0 Å². The topological polar surface area (TPSA) is 78.8 Å².